The van der Waals surface area contributed by atoms with Gasteiger partial charge in [-0.3, -0.25) is 4.90 Å². The first-order valence-corrected chi connectivity index (χ1v) is 8.21. The number of hydrogen-bond donors (Lipinski definition) is 1. The van der Waals surface area contributed by atoms with Crippen molar-refractivity contribution in [1.82, 2.24) is 5.32 Å². The number of anilines is 1. The fraction of sp³-hybridized carbons (Fsp3) is 0.235. The highest BCUT2D eigenvalue weighted by Crippen LogP contribution is 2.46. The average Bonchev–Trinajstić information content (AvgIpc) is 2.51. The van der Waals surface area contributed by atoms with Crippen molar-refractivity contribution in [3.8, 4) is 5.75 Å². The van der Waals surface area contributed by atoms with Gasteiger partial charge >= 0.3 is 6.03 Å². The molecule has 2 aromatic carbocycles. The molecule has 0 aliphatic carbocycles. The lowest BCUT2D eigenvalue weighted by molar-refractivity contribution is 0.0378. The molecule has 2 bridgehead atoms. The highest BCUT2D eigenvalue weighted by Gasteiger charge is 2.50. The van der Waals surface area contributed by atoms with Gasteiger partial charge in [-0.15, -0.1) is 0 Å². The van der Waals surface area contributed by atoms with Crippen LogP contribution in [-0.2, 0) is 0 Å². The third-order valence-electron chi connectivity index (χ3n) is 4.40. The van der Waals surface area contributed by atoms with Crippen LogP contribution in [0.25, 0.3) is 0 Å². The average molecular weight is 395 g/mol. The second-order valence-electron chi connectivity index (χ2n) is 6.10. The molecule has 2 amide bonds. The van der Waals surface area contributed by atoms with E-state index in [0.29, 0.717) is 12.2 Å². The molecule has 0 radical (unpaired) electrons. The van der Waals surface area contributed by atoms with Crippen molar-refractivity contribution in [2.24, 2.45) is 0 Å². The van der Waals surface area contributed by atoms with Crippen molar-refractivity contribution in [1.29, 1.82) is 0 Å². The van der Waals surface area contributed by atoms with Crippen molar-refractivity contribution in [3.05, 3.63) is 58.1 Å². The van der Waals surface area contributed by atoms with E-state index in [9.17, 15) is 13.6 Å². The molecule has 0 spiro atoms. The van der Waals surface area contributed by atoms with Crippen LogP contribution < -0.4 is 15.0 Å². The molecule has 4 nitrogen and oxygen atoms in total. The number of nitrogens with zero attached hydrogens (tertiary/aromatic N) is 1. The van der Waals surface area contributed by atoms with E-state index in [4.69, 9.17) is 4.74 Å². The van der Waals surface area contributed by atoms with Gasteiger partial charge in [-0.1, -0.05) is 15.9 Å². The molecule has 7 heteroatoms. The van der Waals surface area contributed by atoms with Crippen molar-refractivity contribution < 1.29 is 18.3 Å². The molecule has 2 heterocycles. The van der Waals surface area contributed by atoms with Gasteiger partial charge in [0.15, 0.2) is 17.4 Å². The van der Waals surface area contributed by atoms with E-state index in [0.717, 1.165) is 22.2 Å². The summed E-state index contributed by atoms with van der Waals surface area (Å²) in [6.07, 6.45) is 0.487. The summed E-state index contributed by atoms with van der Waals surface area (Å²) in [5.74, 6) is -1.31. The molecule has 4 rings (SSSR count). The first-order valence-electron chi connectivity index (χ1n) is 7.42. The number of ether oxygens (including phenoxy) is 1. The Labute approximate surface area is 145 Å². The van der Waals surface area contributed by atoms with Crippen molar-refractivity contribution in [2.45, 2.75) is 25.1 Å². The maximum absolute atomic E-state index is 13.6. The van der Waals surface area contributed by atoms with E-state index in [1.54, 1.807) is 6.92 Å². The van der Waals surface area contributed by atoms with Crippen LogP contribution in [0.15, 0.2) is 40.9 Å². The fourth-order valence-corrected chi connectivity index (χ4v) is 3.74. The number of carbonyl (C=O) groups is 1. The fourth-order valence-electron chi connectivity index (χ4n) is 3.36. The van der Waals surface area contributed by atoms with Gasteiger partial charge < -0.3 is 10.1 Å². The Bertz CT molecular complexity index is 860. The summed E-state index contributed by atoms with van der Waals surface area (Å²) in [6.45, 7) is 1.77. The first kappa shape index (κ1) is 15.4. The molecule has 0 aromatic heterocycles. The molecular weight excluding hydrogens is 382 g/mol. The minimum atomic E-state index is -1.01. The number of halogens is 3. The van der Waals surface area contributed by atoms with Gasteiger partial charge in [0.1, 0.15) is 5.75 Å². The Hall–Kier alpha value is -2.15. The predicted molar refractivity (Wildman–Crippen MR) is 87.9 cm³/mol. The van der Waals surface area contributed by atoms with Crippen LogP contribution >= 0.6 is 15.9 Å². The summed E-state index contributed by atoms with van der Waals surface area (Å²) >= 11 is 3.42. The molecular formula is C17H13BrF2N2O2. The number of nitrogens with one attached hydrogen (secondary N) is 1. The normalized spacial score (nSPS) is 24.9. The van der Waals surface area contributed by atoms with Crippen LogP contribution in [0.1, 0.15) is 24.9 Å². The molecule has 2 aromatic rings. The van der Waals surface area contributed by atoms with Gasteiger partial charge in [-0.25, -0.2) is 13.6 Å². The third-order valence-corrected chi connectivity index (χ3v) is 4.89. The summed E-state index contributed by atoms with van der Waals surface area (Å²) in [6, 6.07) is 8.34. The Morgan fingerprint density at radius 2 is 2.04 bits per heavy atom. The zero-order valence-corrected chi connectivity index (χ0v) is 14.2. The molecule has 1 saturated heterocycles. The van der Waals surface area contributed by atoms with E-state index in [2.05, 4.69) is 21.2 Å². The van der Waals surface area contributed by atoms with Crippen molar-refractivity contribution >= 4 is 27.6 Å². The smallest absolute Gasteiger partial charge is 0.325 e. The number of carbonyl (C=O) groups excluding carboxylic acids is 1. The van der Waals surface area contributed by atoms with Crippen LogP contribution in [0, 0.1) is 11.6 Å². The SMILES string of the molecule is C[C@]12C[C@H](NC(=O)N1c1ccc(F)c(F)c1)c1cc(Br)ccc1O2. The molecule has 2 aliphatic heterocycles. The summed E-state index contributed by atoms with van der Waals surface area (Å²) in [5, 5.41) is 2.91. The number of benzene rings is 2. The van der Waals surface area contributed by atoms with Gasteiger partial charge in [-0.05, 0) is 37.3 Å². The second kappa shape index (κ2) is 5.17. The lowest BCUT2D eigenvalue weighted by Crippen LogP contribution is -2.65. The van der Waals surface area contributed by atoms with E-state index in [-0.39, 0.29) is 11.7 Å². The van der Waals surface area contributed by atoms with Crippen LogP contribution in [0.4, 0.5) is 19.3 Å². The third kappa shape index (κ3) is 2.26. The predicted octanol–water partition coefficient (Wildman–Crippen LogP) is 4.50. The lowest BCUT2D eigenvalue weighted by atomic mass is 9.90. The van der Waals surface area contributed by atoms with E-state index in [1.165, 1.54) is 11.0 Å². The molecule has 0 unspecified atom stereocenters. The summed E-state index contributed by atoms with van der Waals surface area (Å²) in [4.78, 5) is 13.9. The number of hydrogen-bond acceptors (Lipinski definition) is 2. The minimum absolute atomic E-state index is 0.203. The van der Waals surface area contributed by atoms with Crippen LogP contribution in [0.2, 0.25) is 0 Å². The van der Waals surface area contributed by atoms with Gasteiger partial charge in [0.25, 0.3) is 0 Å². The molecule has 2 aliphatic rings. The lowest BCUT2D eigenvalue weighted by Gasteiger charge is -2.50. The summed E-state index contributed by atoms with van der Waals surface area (Å²) < 4.78 is 33.8. The standard InChI is InChI=1S/C17H13BrF2N2O2/c1-17-8-14(11-6-9(18)2-5-15(11)24-17)21-16(23)22(17)10-3-4-12(19)13(20)7-10/h2-7,14H,8H2,1H3,(H,21,23)/t14-,17-/m0/s1. The zero-order valence-electron chi connectivity index (χ0n) is 12.6. The largest absolute Gasteiger partial charge is 0.467 e. The molecule has 24 heavy (non-hydrogen) atoms. The van der Waals surface area contributed by atoms with E-state index in [1.807, 2.05) is 18.2 Å². The highest BCUT2D eigenvalue weighted by molar-refractivity contribution is 9.10. The molecule has 1 N–H and O–H groups in total. The van der Waals surface area contributed by atoms with Gasteiger partial charge in [0.2, 0.25) is 0 Å². The van der Waals surface area contributed by atoms with Crippen LogP contribution in [0.5, 0.6) is 5.75 Å². The summed E-state index contributed by atoms with van der Waals surface area (Å²) in [7, 11) is 0. The highest BCUT2D eigenvalue weighted by atomic mass is 79.9. The minimum Gasteiger partial charge on any atom is -0.467 e. The topological polar surface area (TPSA) is 41.6 Å². The molecule has 2 atom stereocenters. The maximum Gasteiger partial charge on any atom is 0.325 e. The number of fused-ring (bicyclic) bond motifs is 4. The van der Waals surface area contributed by atoms with Crippen LogP contribution in [-0.4, -0.2) is 11.8 Å². The Morgan fingerprint density at radius 1 is 1.25 bits per heavy atom. The van der Waals surface area contributed by atoms with Gasteiger partial charge in [0.05, 0.1) is 11.7 Å². The maximum atomic E-state index is 13.6. The monoisotopic (exact) mass is 394 g/mol. The quantitative estimate of drug-likeness (QED) is 0.773. The van der Waals surface area contributed by atoms with Gasteiger partial charge in [0, 0.05) is 22.5 Å². The van der Waals surface area contributed by atoms with E-state index >= 15 is 0 Å². The van der Waals surface area contributed by atoms with Crippen molar-refractivity contribution in [2.75, 3.05) is 4.90 Å². The Balaban J connectivity index is 1.80. The number of amides is 2. The first-order chi connectivity index (χ1) is 11.4. The number of urea groups is 1. The number of rotatable bonds is 1. The zero-order chi connectivity index (χ0) is 17.1. The van der Waals surface area contributed by atoms with E-state index < -0.39 is 23.4 Å². The van der Waals surface area contributed by atoms with Gasteiger partial charge in [-0.2, -0.15) is 0 Å². The molecule has 124 valence electrons. The molecule has 1 fully saturated rings. The summed E-state index contributed by atoms with van der Waals surface area (Å²) in [5.41, 5.74) is 0.144. The Kier molecular flexibility index (Phi) is 3.32. The molecule has 0 saturated carbocycles. The van der Waals surface area contributed by atoms with Crippen LogP contribution in [0.3, 0.4) is 0 Å². The van der Waals surface area contributed by atoms with Crippen molar-refractivity contribution in [3.63, 3.8) is 0 Å². The Morgan fingerprint density at radius 3 is 2.79 bits per heavy atom. The second-order valence-corrected chi connectivity index (χ2v) is 7.01.